The zero-order valence-corrected chi connectivity index (χ0v) is 15.2. The third-order valence-corrected chi connectivity index (χ3v) is 5.34. The van der Waals surface area contributed by atoms with Crippen LogP contribution in [0.25, 0.3) is 0 Å². The monoisotopic (exact) mass is 343 g/mol. The van der Waals surface area contributed by atoms with E-state index >= 15 is 0 Å². The number of nitrogens with one attached hydrogen (secondary N) is 1. The minimum atomic E-state index is -0.0554. The van der Waals surface area contributed by atoms with E-state index in [2.05, 4.69) is 17.1 Å². The van der Waals surface area contributed by atoms with E-state index in [9.17, 15) is 9.59 Å². The highest BCUT2D eigenvalue weighted by molar-refractivity contribution is 5.99. The molecule has 2 aliphatic heterocycles. The molecule has 1 aromatic rings. The predicted octanol–water partition coefficient (Wildman–Crippen LogP) is 2.81. The molecule has 0 radical (unpaired) electrons. The molecular formula is C20H29N3O2. The van der Waals surface area contributed by atoms with Crippen molar-refractivity contribution in [3.63, 3.8) is 0 Å². The number of carbonyl (C=O) groups is 2. The molecule has 1 atom stereocenters. The minimum absolute atomic E-state index is 0.0554. The van der Waals surface area contributed by atoms with Crippen LogP contribution in [-0.4, -0.2) is 48.9 Å². The third kappa shape index (κ3) is 4.60. The molecule has 5 heteroatoms. The number of likely N-dealkylation sites (tertiary alicyclic amines) is 1. The third-order valence-electron chi connectivity index (χ3n) is 5.34. The van der Waals surface area contributed by atoms with Crippen LogP contribution in [-0.2, 0) is 4.79 Å². The number of hydrogen-bond acceptors (Lipinski definition) is 3. The van der Waals surface area contributed by atoms with E-state index in [0.717, 1.165) is 31.6 Å². The summed E-state index contributed by atoms with van der Waals surface area (Å²) in [6.45, 7) is 5.96. The topological polar surface area (TPSA) is 52.7 Å². The fraction of sp³-hybridized carbons (Fsp3) is 0.600. The van der Waals surface area contributed by atoms with Crippen molar-refractivity contribution in [2.75, 3.05) is 31.1 Å². The van der Waals surface area contributed by atoms with Crippen molar-refractivity contribution >= 4 is 17.5 Å². The molecule has 0 bridgehead atoms. The van der Waals surface area contributed by atoms with Gasteiger partial charge in [-0.25, -0.2) is 0 Å². The average molecular weight is 343 g/mol. The van der Waals surface area contributed by atoms with Crippen molar-refractivity contribution in [3.8, 4) is 0 Å². The summed E-state index contributed by atoms with van der Waals surface area (Å²) in [4.78, 5) is 28.5. The normalized spacial score (nSPS) is 21.6. The van der Waals surface area contributed by atoms with Crippen molar-refractivity contribution in [1.82, 2.24) is 10.2 Å². The lowest BCUT2D eigenvalue weighted by atomic mass is 10.0. The maximum absolute atomic E-state index is 12.4. The Morgan fingerprint density at radius 1 is 1.24 bits per heavy atom. The number of anilines is 1. The molecule has 2 fully saturated rings. The molecule has 25 heavy (non-hydrogen) atoms. The minimum Gasteiger partial charge on any atom is -0.352 e. The van der Waals surface area contributed by atoms with Crippen LogP contribution in [0, 0.1) is 0 Å². The van der Waals surface area contributed by atoms with Gasteiger partial charge >= 0.3 is 0 Å². The number of nitrogens with zero attached hydrogens (tertiary/aromatic N) is 2. The van der Waals surface area contributed by atoms with Crippen LogP contribution in [0.2, 0.25) is 0 Å². The first-order chi connectivity index (χ1) is 12.1. The Balaban J connectivity index is 1.47. The Hall–Kier alpha value is -1.88. The van der Waals surface area contributed by atoms with Gasteiger partial charge in [0.1, 0.15) is 0 Å². The number of hydrogen-bond donors (Lipinski definition) is 1. The smallest absolute Gasteiger partial charge is 0.251 e. The van der Waals surface area contributed by atoms with Crippen molar-refractivity contribution < 1.29 is 9.59 Å². The molecule has 1 unspecified atom stereocenters. The van der Waals surface area contributed by atoms with Crippen molar-refractivity contribution in [2.24, 2.45) is 0 Å². The number of carbonyl (C=O) groups excluding carboxylic acids is 2. The van der Waals surface area contributed by atoms with Crippen LogP contribution in [0.1, 0.15) is 55.8 Å². The van der Waals surface area contributed by atoms with Crippen molar-refractivity contribution in [1.29, 1.82) is 0 Å². The summed E-state index contributed by atoms with van der Waals surface area (Å²) < 4.78 is 0. The maximum Gasteiger partial charge on any atom is 0.251 e. The fourth-order valence-electron chi connectivity index (χ4n) is 3.81. The van der Waals surface area contributed by atoms with Gasteiger partial charge in [0, 0.05) is 43.3 Å². The van der Waals surface area contributed by atoms with Gasteiger partial charge in [-0.2, -0.15) is 0 Å². The van der Waals surface area contributed by atoms with Gasteiger partial charge in [0.2, 0.25) is 5.91 Å². The second-order valence-electron chi connectivity index (χ2n) is 7.19. The molecule has 2 saturated heterocycles. The predicted molar refractivity (Wildman–Crippen MR) is 99.9 cm³/mol. The SMILES string of the molecule is CC1CCCCN1CCCNC(=O)c1cccc(N2CCCC2=O)c1. The van der Waals surface area contributed by atoms with Crippen molar-refractivity contribution in [3.05, 3.63) is 29.8 Å². The lowest BCUT2D eigenvalue weighted by molar-refractivity contribution is -0.117. The van der Waals surface area contributed by atoms with E-state index in [4.69, 9.17) is 0 Å². The molecule has 1 aromatic carbocycles. The van der Waals surface area contributed by atoms with Crippen LogP contribution >= 0.6 is 0 Å². The Bertz CT molecular complexity index is 617. The Morgan fingerprint density at radius 2 is 2.12 bits per heavy atom. The Morgan fingerprint density at radius 3 is 2.88 bits per heavy atom. The van der Waals surface area contributed by atoms with Gasteiger partial charge < -0.3 is 15.1 Å². The summed E-state index contributed by atoms with van der Waals surface area (Å²) in [5.74, 6) is 0.0911. The quantitative estimate of drug-likeness (QED) is 0.808. The van der Waals surface area contributed by atoms with Gasteiger partial charge in [-0.1, -0.05) is 12.5 Å². The Labute approximate surface area is 150 Å². The first-order valence-electron chi connectivity index (χ1n) is 9.58. The first-order valence-corrected chi connectivity index (χ1v) is 9.58. The van der Waals surface area contributed by atoms with E-state index in [1.807, 2.05) is 24.3 Å². The van der Waals surface area contributed by atoms with E-state index in [0.29, 0.717) is 24.6 Å². The number of rotatable bonds is 6. The summed E-state index contributed by atoms with van der Waals surface area (Å²) in [5, 5.41) is 3.01. The number of benzene rings is 1. The van der Waals surface area contributed by atoms with Crippen LogP contribution in [0.15, 0.2) is 24.3 Å². The van der Waals surface area contributed by atoms with Gasteiger partial charge in [-0.3, -0.25) is 9.59 Å². The molecule has 136 valence electrons. The maximum atomic E-state index is 12.4. The Kier molecular flexibility index (Phi) is 6.08. The van der Waals surface area contributed by atoms with E-state index in [1.165, 1.54) is 25.8 Å². The standard InChI is InChI=1S/C20H29N3O2/c1-16-7-2-3-12-22(16)13-6-11-21-20(25)17-8-4-9-18(15-17)23-14-5-10-19(23)24/h4,8-9,15-16H,2-3,5-7,10-14H2,1H3,(H,21,25). The summed E-state index contributed by atoms with van der Waals surface area (Å²) in [6.07, 6.45) is 6.38. The molecule has 1 N–H and O–H groups in total. The highest BCUT2D eigenvalue weighted by atomic mass is 16.2. The first kappa shape index (κ1) is 17.9. The molecular weight excluding hydrogens is 314 g/mol. The molecule has 5 nitrogen and oxygen atoms in total. The van der Waals surface area contributed by atoms with Crippen LogP contribution < -0.4 is 10.2 Å². The van der Waals surface area contributed by atoms with E-state index in [-0.39, 0.29) is 11.8 Å². The largest absolute Gasteiger partial charge is 0.352 e. The van der Waals surface area contributed by atoms with Gasteiger partial charge in [-0.05, 0) is 57.4 Å². The summed E-state index contributed by atoms with van der Waals surface area (Å²) in [7, 11) is 0. The molecule has 2 amide bonds. The molecule has 2 aliphatic rings. The average Bonchev–Trinajstić information content (AvgIpc) is 3.06. The zero-order valence-electron chi connectivity index (χ0n) is 15.2. The lowest BCUT2D eigenvalue weighted by Crippen LogP contribution is -2.39. The zero-order chi connectivity index (χ0) is 17.6. The summed E-state index contributed by atoms with van der Waals surface area (Å²) >= 11 is 0. The molecule has 0 spiro atoms. The summed E-state index contributed by atoms with van der Waals surface area (Å²) in [5.41, 5.74) is 1.46. The molecule has 0 aromatic heterocycles. The van der Waals surface area contributed by atoms with Crippen LogP contribution in [0.5, 0.6) is 0 Å². The van der Waals surface area contributed by atoms with Crippen LogP contribution in [0.3, 0.4) is 0 Å². The number of piperidine rings is 1. The molecule has 2 heterocycles. The van der Waals surface area contributed by atoms with Crippen molar-refractivity contribution in [2.45, 2.75) is 51.5 Å². The van der Waals surface area contributed by atoms with Gasteiger partial charge in [0.05, 0.1) is 0 Å². The van der Waals surface area contributed by atoms with Gasteiger partial charge in [-0.15, -0.1) is 0 Å². The summed E-state index contributed by atoms with van der Waals surface area (Å²) in [6, 6.07) is 8.06. The van der Waals surface area contributed by atoms with Gasteiger partial charge in [0.25, 0.3) is 5.91 Å². The van der Waals surface area contributed by atoms with Gasteiger partial charge in [0.15, 0.2) is 0 Å². The lowest BCUT2D eigenvalue weighted by Gasteiger charge is -2.33. The fourth-order valence-corrected chi connectivity index (χ4v) is 3.81. The van der Waals surface area contributed by atoms with Crippen LogP contribution in [0.4, 0.5) is 5.69 Å². The second kappa shape index (κ2) is 8.48. The molecule has 0 saturated carbocycles. The van der Waals surface area contributed by atoms with E-state index in [1.54, 1.807) is 4.90 Å². The highest BCUT2D eigenvalue weighted by Crippen LogP contribution is 2.22. The molecule has 3 rings (SSSR count). The number of amides is 2. The molecule has 0 aliphatic carbocycles. The highest BCUT2D eigenvalue weighted by Gasteiger charge is 2.22. The second-order valence-corrected chi connectivity index (χ2v) is 7.19. The van der Waals surface area contributed by atoms with E-state index < -0.39 is 0 Å².